The molecule has 2 aromatic carbocycles. The minimum Gasteiger partial charge on any atom is -0.373 e. The molecule has 1 amide bonds. The number of aryl methyl sites for hydroxylation is 2. The summed E-state index contributed by atoms with van der Waals surface area (Å²) in [5.41, 5.74) is 2.37. The zero-order chi connectivity index (χ0) is 14.0. The standard InChI is InChI=1S/C15H12F2NO.Ti/c1-9-3-4-11(7-10(9)2)15(19)18-14-6-5-12(16)8-13(14)17;/h3-7H,1-2H3,(H,18,19);/q-1;. The number of carbonyl (C=O) groups excluding carboxylic acids is 1. The average molecular weight is 308 g/mol. The molecule has 0 radical (unpaired) electrons. The van der Waals surface area contributed by atoms with Crippen molar-refractivity contribution in [2.24, 2.45) is 0 Å². The van der Waals surface area contributed by atoms with E-state index in [2.05, 4.69) is 5.32 Å². The van der Waals surface area contributed by atoms with Crippen molar-refractivity contribution >= 4 is 11.6 Å². The largest absolute Gasteiger partial charge is 0.373 e. The van der Waals surface area contributed by atoms with Crippen LogP contribution in [0.4, 0.5) is 14.5 Å². The van der Waals surface area contributed by atoms with Gasteiger partial charge in [-0.3, -0.25) is 4.79 Å². The predicted molar refractivity (Wildman–Crippen MR) is 69.1 cm³/mol. The summed E-state index contributed by atoms with van der Waals surface area (Å²) < 4.78 is 26.1. The van der Waals surface area contributed by atoms with Crippen LogP contribution < -0.4 is 5.32 Å². The number of hydrogen-bond acceptors (Lipinski definition) is 1. The summed E-state index contributed by atoms with van der Waals surface area (Å²) in [5, 5.41) is 2.39. The topological polar surface area (TPSA) is 29.1 Å². The van der Waals surface area contributed by atoms with E-state index < -0.39 is 17.5 Å². The van der Waals surface area contributed by atoms with Crippen LogP contribution in [0.15, 0.2) is 30.3 Å². The van der Waals surface area contributed by atoms with E-state index in [4.69, 9.17) is 0 Å². The van der Waals surface area contributed by atoms with Gasteiger partial charge in [-0.15, -0.1) is 18.2 Å². The second-order valence-corrected chi connectivity index (χ2v) is 4.29. The van der Waals surface area contributed by atoms with Crippen LogP contribution in [0.5, 0.6) is 0 Å². The molecule has 0 unspecified atom stereocenters. The van der Waals surface area contributed by atoms with E-state index in [0.29, 0.717) is 5.56 Å². The number of halogens is 2. The Labute approximate surface area is 131 Å². The van der Waals surface area contributed by atoms with Gasteiger partial charge in [0.2, 0.25) is 5.91 Å². The molecule has 0 atom stereocenters. The summed E-state index contributed by atoms with van der Waals surface area (Å²) in [5.74, 6) is -2.17. The molecular weight excluding hydrogens is 296 g/mol. The maximum absolute atomic E-state index is 13.4. The first-order valence-corrected chi connectivity index (χ1v) is 5.73. The van der Waals surface area contributed by atoms with Crippen molar-refractivity contribution in [2.75, 3.05) is 5.32 Å². The van der Waals surface area contributed by atoms with Gasteiger partial charge >= 0.3 is 0 Å². The van der Waals surface area contributed by atoms with Crippen molar-refractivity contribution in [1.82, 2.24) is 0 Å². The summed E-state index contributed by atoms with van der Waals surface area (Å²) in [6.07, 6.45) is 0. The third-order valence-corrected chi connectivity index (χ3v) is 2.88. The summed E-state index contributed by atoms with van der Waals surface area (Å²) in [6.45, 7) is 3.82. The van der Waals surface area contributed by atoms with Crippen LogP contribution in [0.25, 0.3) is 0 Å². The Kier molecular flexibility index (Phi) is 5.60. The summed E-state index contributed by atoms with van der Waals surface area (Å²) in [6, 6.07) is 9.27. The van der Waals surface area contributed by atoms with Gasteiger partial charge in [-0.05, 0) is 42.8 Å². The minimum absolute atomic E-state index is 0. The third kappa shape index (κ3) is 3.75. The zero-order valence-corrected chi connectivity index (χ0v) is 12.6. The van der Waals surface area contributed by atoms with Crippen molar-refractivity contribution in [3.05, 3.63) is 64.7 Å². The molecule has 1 N–H and O–H groups in total. The van der Waals surface area contributed by atoms with Crippen LogP contribution in [-0.2, 0) is 21.7 Å². The second-order valence-electron chi connectivity index (χ2n) is 4.29. The number of benzene rings is 2. The Bertz CT molecular complexity index is 644. The molecule has 0 fully saturated rings. The molecule has 0 aliphatic rings. The predicted octanol–water partition coefficient (Wildman–Crippen LogP) is 3.63. The van der Waals surface area contributed by atoms with Gasteiger partial charge in [0.25, 0.3) is 0 Å². The molecule has 2 rings (SSSR count). The van der Waals surface area contributed by atoms with Crippen LogP contribution in [0.3, 0.4) is 0 Å². The SMILES string of the molecule is Cc1ccc(C(=O)Nc2ccc(F)[c-]c2F)cc1C.[Ti]. The molecule has 0 aliphatic carbocycles. The smallest absolute Gasteiger partial charge is 0.244 e. The molecule has 102 valence electrons. The summed E-state index contributed by atoms with van der Waals surface area (Å²) in [4.78, 5) is 11.9. The second kappa shape index (κ2) is 6.77. The molecular formula is C15H12F2NOTi-. The maximum atomic E-state index is 13.4. The molecule has 20 heavy (non-hydrogen) atoms. The normalized spacial score (nSPS) is 9.80. The van der Waals surface area contributed by atoms with Gasteiger partial charge < -0.3 is 5.32 Å². The first-order chi connectivity index (χ1) is 8.97. The molecule has 0 saturated carbocycles. The van der Waals surface area contributed by atoms with E-state index in [1.54, 1.807) is 12.1 Å². The van der Waals surface area contributed by atoms with E-state index in [9.17, 15) is 13.6 Å². The van der Waals surface area contributed by atoms with Gasteiger partial charge in [-0.25, -0.2) is 8.78 Å². The van der Waals surface area contributed by atoms with Crippen LogP contribution in [0.2, 0.25) is 0 Å². The number of carbonyl (C=O) groups is 1. The fraction of sp³-hybridized carbons (Fsp3) is 0.133. The average Bonchev–Trinajstić information content (AvgIpc) is 2.36. The van der Waals surface area contributed by atoms with Gasteiger partial charge in [-0.2, -0.15) is 0 Å². The van der Waals surface area contributed by atoms with Crippen molar-refractivity contribution < 1.29 is 35.3 Å². The Hall–Kier alpha value is -1.52. The first-order valence-electron chi connectivity index (χ1n) is 5.73. The Morgan fingerprint density at radius 1 is 1.10 bits per heavy atom. The van der Waals surface area contributed by atoms with E-state index in [1.165, 1.54) is 6.07 Å². The number of rotatable bonds is 2. The van der Waals surface area contributed by atoms with E-state index >= 15 is 0 Å². The zero-order valence-electron chi connectivity index (χ0n) is 11.1. The quantitative estimate of drug-likeness (QED) is 0.666. The van der Waals surface area contributed by atoms with E-state index in [1.807, 2.05) is 26.0 Å². The minimum atomic E-state index is -0.919. The van der Waals surface area contributed by atoms with Gasteiger partial charge in [-0.1, -0.05) is 6.07 Å². The van der Waals surface area contributed by atoms with E-state index in [-0.39, 0.29) is 27.4 Å². The number of hydrogen-bond donors (Lipinski definition) is 1. The molecule has 5 heteroatoms. The monoisotopic (exact) mass is 308 g/mol. The fourth-order valence-electron chi connectivity index (χ4n) is 1.62. The molecule has 0 heterocycles. The Morgan fingerprint density at radius 2 is 1.80 bits per heavy atom. The molecule has 0 aliphatic heterocycles. The number of amides is 1. The third-order valence-electron chi connectivity index (χ3n) is 2.88. The Balaban J connectivity index is 0.00000200. The van der Waals surface area contributed by atoms with Gasteiger partial charge in [0.15, 0.2) is 0 Å². The molecule has 2 nitrogen and oxygen atoms in total. The van der Waals surface area contributed by atoms with Crippen LogP contribution in [0, 0.1) is 31.5 Å². The van der Waals surface area contributed by atoms with Crippen LogP contribution in [0.1, 0.15) is 21.5 Å². The van der Waals surface area contributed by atoms with Crippen molar-refractivity contribution in [3.8, 4) is 0 Å². The maximum Gasteiger partial charge on any atom is 0.244 e. The van der Waals surface area contributed by atoms with Crippen LogP contribution >= 0.6 is 0 Å². The fourth-order valence-corrected chi connectivity index (χ4v) is 1.62. The molecule has 0 aromatic heterocycles. The molecule has 0 spiro atoms. The first kappa shape index (κ1) is 16.5. The van der Waals surface area contributed by atoms with Crippen molar-refractivity contribution in [2.45, 2.75) is 13.8 Å². The number of nitrogens with one attached hydrogen (secondary N) is 1. The molecule has 0 bridgehead atoms. The number of anilines is 1. The van der Waals surface area contributed by atoms with E-state index in [0.717, 1.165) is 17.2 Å². The molecule has 0 saturated heterocycles. The van der Waals surface area contributed by atoms with Gasteiger partial charge in [0.1, 0.15) is 0 Å². The Morgan fingerprint density at radius 3 is 2.40 bits per heavy atom. The summed E-state index contributed by atoms with van der Waals surface area (Å²) >= 11 is 0. The summed E-state index contributed by atoms with van der Waals surface area (Å²) in [7, 11) is 0. The van der Waals surface area contributed by atoms with Crippen molar-refractivity contribution in [3.63, 3.8) is 0 Å². The van der Waals surface area contributed by atoms with Crippen LogP contribution in [-0.4, -0.2) is 5.91 Å². The molecule has 2 aromatic rings. The van der Waals surface area contributed by atoms with Gasteiger partial charge in [0, 0.05) is 38.9 Å². The van der Waals surface area contributed by atoms with Gasteiger partial charge in [0.05, 0.1) is 0 Å². The van der Waals surface area contributed by atoms with Crippen molar-refractivity contribution in [1.29, 1.82) is 0 Å².